The van der Waals surface area contributed by atoms with Crippen LogP contribution in [0.25, 0.3) is 22.3 Å². The first-order valence-electron chi connectivity index (χ1n) is 28.0. The second kappa shape index (κ2) is 25.7. The molecule has 80 heavy (non-hydrogen) atoms. The molecule has 3 aliphatic heterocycles. The van der Waals surface area contributed by atoms with Gasteiger partial charge in [-0.15, -0.1) is 0 Å². The van der Waals surface area contributed by atoms with Gasteiger partial charge in [0.1, 0.15) is 23.2 Å². The summed E-state index contributed by atoms with van der Waals surface area (Å²) in [6.07, 6.45) is 12.9. The molecule has 2 fully saturated rings. The van der Waals surface area contributed by atoms with Crippen LogP contribution in [0.5, 0.6) is 0 Å². The number of hydrogen-bond donors (Lipinski definition) is 5. The van der Waals surface area contributed by atoms with E-state index in [1.54, 1.807) is 20.2 Å². The van der Waals surface area contributed by atoms with Gasteiger partial charge in [-0.25, -0.2) is 24.8 Å². The molecule has 0 aromatic heterocycles. The summed E-state index contributed by atoms with van der Waals surface area (Å²) in [6.45, 7) is 5.32. The molecular weight excluding hydrogens is 1020 g/mol. The lowest BCUT2D eigenvalue weighted by Crippen LogP contribution is -2.45. The van der Waals surface area contributed by atoms with E-state index >= 15 is 0 Å². The van der Waals surface area contributed by atoms with Gasteiger partial charge in [0.15, 0.2) is 11.9 Å². The highest BCUT2D eigenvalue weighted by Gasteiger charge is 2.48. The number of nitrogens with two attached hydrogens (primary N) is 3. The number of carbonyl (C=O) groups is 2. The number of amides is 3. The molecule has 8 N–H and O–H groups in total. The predicted octanol–water partition coefficient (Wildman–Crippen LogP) is 10.8. The van der Waals surface area contributed by atoms with Crippen LogP contribution in [0.1, 0.15) is 108 Å². The monoisotopic (exact) mass is 1100 g/mol. The molecule has 5 aromatic carbocycles. The summed E-state index contributed by atoms with van der Waals surface area (Å²) in [6, 6.07) is 41.8. The smallest absolute Gasteiger partial charge is 0.319 e. The van der Waals surface area contributed by atoms with Crippen molar-refractivity contribution in [2.24, 2.45) is 44.0 Å². The molecule has 5 atom stereocenters. The zero-order valence-corrected chi connectivity index (χ0v) is 48.3. The fraction of sp³-hybridized carbons (Fsp3) is 0.429. The minimum absolute atomic E-state index is 0.0461. The van der Waals surface area contributed by atoms with Crippen LogP contribution in [0.4, 0.5) is 16.2 Å². The maximum Gasteiger partial charge on any atom is 0.319 e. The highest BCUT2D eigenvalue weighted by atomic mass is 35.5. The molecule has 16 nitrogen and oxygen atoms in total. The van der Waals surface area contributed by atoms with Crippen LogP contribution in [0.2, 0.25) is 5.02 Å². The van der Waals surface area contributed by atoms with E-state index < -0.39 is 11.1 Å². The molecule has 5 aromatic rings. The van der Waals surface area contributed by atoms with E-state index in [0.29, 0.717) is 41.9 Å². The number of aliphatic imine (C=N–C) groups is 3. The maximum atomic E-state index is 13.4. The summed E-state index contributed by atoms with van der Waals surface area (Å²) in [4.78, 5) is 51.2. The summed E-state index contributed by atoms with van der Waals surface area (Å²) in [5, 5.41) is 17.4. The number of halogens is 1. The Labute approximate surface area is 478 Å². The van der Waals surface area contributed by atoms with Crippen LogP contribution in [0.3, 0.4) is 0 Å². The van der Waals surface area contributed by atoms with Crippen molar-refractivity contribution in [1.82, 2.24) is 20.2 Å². The Morgan fingerprint density at radius 2 is 1.34 bits per heavy atom. The van der Waals surface area contributed by atoms with Crippen molar-refractivity contribution in [3.8, 4) is 28.3 Å². The number of carbonyl (C=O) groups excluding carboxylic acids is 2. The summed E-state index contributed by atoms with van der Waals surface area (Å²) >= 11 is 6.08. The first-order valence-corrected chi connectivity index (χ1v) is 28.4. The Morgan fingerprint density at radius 1 is 0.738 bits per heavy atom. The lowest BCUT2D eigenvalue weighted by atomic mass is 9.74. The SMILES string of the molecule is CN1C(=O)[C@@](CCC2CCCCC2)(C[C@H]2CCC[C@@H](NC(=O)Nc3ccc(N(C)C)cc3)C2)N=C1N.CN1CC(C)(c2cccc(-c3cccc(Cl)c3)c2)N=C1N.CN1OCC(C)(c2cccc(-c3cccc(C#N)c3)c2)N=C1N. The molecule has 0 bridgehead atoms. The first-order chi connectivity index (χ1) is 38.2. The molecule has 17 heteroatoms. The van der Waals surface area contributed by atoms with Crippen LogP contribution in [-0.4, -0.2) is 105 Å². The van der Waals surface area contributed by atoms with E-state index in [1.165, 1.54) is 42.1 Å². The number of nitriles is 1. The third-order valence-electron chi connectivity index (χ3n) is 16.4. The second-order valence-corrected chi connectivity index (χ2v) is 23.3. The second-order valence-electron chi connectivity index (χ2n) is 22.9. The van der Waals surface area contributed by atoms with Gasteiger partial charge >= 0.3 is 6.03 Å². The van der Waals surface area contributed by atoms with Crippen molar-refractivity contribution < 1.29 is 14.4 Å². The number of rotatable bonds is 12. The number of nitrogens with zero attached hydrogens (tertiary/aromatic N) is 8. The number of hydrogen-bond acceptors (Lipinski definition) is 13. The van der Waals surface area contributed by atoms with Crippen LogP contribution in [0, 0.1) is 23.2 Å². The van der Waals surface area contributed by atoms with E-state index in [0.717, 1.165) is 101 Å². The van der Waals surface area contributed by atoms with Gasteiger partial charge in [0.2, 0.25) is 5.96 Å². The van der Waals surface area contributed by atoms with E-state index in [2.05, 4.69) is 70.0 Å². The summed E-state index contributed by atoms with van der Waals surface area (Å²) < 4.78 is 0. The van der Waals surface area contributed by atoms with Gasteiger partial charge in [-0.3, -0.25) is 14.5 Å². The lowest BCUT2D eigenvalue weighted by molar-refractivity contribution is -0.131. The van der Waals surface area contributed by atoms with Gasteiger partial charge < -0.3 is 37.6 Å². The number of likely N-dealkylation sites (N-methyl/N-ethyl adjacent to an activating group) is 2. The quantitative estimate of drug-likeness (QED) is 0.0796. The molecule has 2 saturated carbocycles. The van der Waals surface area contributed by atoms with Gasteiger partial charge in [-0.1, -0.05) is 117 Å². The van der Waals surface area contributed by atoms with Crippen molar-refractivity contribution in [3.63, 3.8) is 0 Å². The number of guanidine groups is 3. The number of anilines is 2. The van der Waals surface area contributed by atoms with Crippen molar-refractivity contribution in [1.29, 1.82) is 5.26 Å². The van der Waals surface area contributed by atoms with Gasteiger partial charge in [0.05, 0.1) is 11.6 Å². The molecular formula is C63H80ClN13O3. The molecule has 5 aliphatic rings. The molecule has 422 valence electrons. The highest BCUT2D eigenvalue weighted by Crippen LogP contribution is 2.41. The average molecular weight is 1100 g/mol. The Hall–Kier alpha value is -7.61. The first kappa shape index (κ1) is 58.5. The van der Waals surface area contributed by atoms with Crippen molar-refractivity contribution in [2.45, 2.75) is 114 Å². The number of urea groups is 1. The average Bonchev–Trinajstić information content (AvgIpc) is 3.95. The van der Waals surface area contributed by atoms with Gasteiger partial charge in [-0.2, -0.15) is 5.26 Å². The van der Waals surface area contributed by atoms with Crippen LogP contribution < -0.4 is 32.7 Å². The minimum Gasteiger partial charge on any atom is -0.378 e. The Balaban J connectivity index is 0.000000166. The van der Waals surface area contributed by atoms with Crippen LogP contribution in [-0.2, 0) is 20.7 Å². The third kappa shape index (κ3) is 14.4. The van der Waals surface area contributed by atoms with E-state index in [-0.39, 0.29) is 23.5 Å². The molecule has 10 rings (SSSR count). The van der Waals surface area contributed by atoms with Crippen molar-refractivity contribution in [2.75, 3.05) is 58.6 Å². The zero-order chi connectivity index (χ0) is 57.2. The third-order valence-corrected chi connectivity index (χ3v) is 16.7. The predicted molar refractivity (Wildman–Crippen MR) is 324 cm³/mol. The summed E-state index contributed by atoms with van der Waals surface area (Å²) in [5.41, 5.74) is 25.4. The van der Waals surface area contributed by atoms with Crippen LogP contribution >= 0.6 is 11.6 Å². The number of benzene rings is 5. The minimum atomic E-state index is -0.737. The van der Waals surface area contributed by atoms with E-state index in [9.17, 15) is 9.59 Å². The zero-order valence-electron chi connectivity index (χ0n) is 47.6. The molecule has 2 aliphatic carbocycles. The van der Waals surface area contributed by atoms with E-state index in [4.69, 9.17) is 43.9 Å². The van der Waals surface area contributed by atoms with Crippen molar-refractivity contribution in [3.05, 3.63) is 143 Å². The molecule has 0 spiro atoms. The van der Waals surface area contributed by atoms with E-state index in [1.807, 2.05) is 117 Å². The Kier molecular flexibility index (Phi) is 18.8. The fourth-order valence-corrected chi connectivity index (χ4v) is 11.9. The largest absolute Gasteiger partial charge is 0.378 e. The Bertz CT molecular complexity index is 3120. The topological polar surface area (TPSA) is 219 Å². The Morgan fingerprint density at radius 3 is 1.93 bits per heavy atom. The molecule has 2 unspecified atom stereocenters. The molecule has 3 heterocycles. The number of nitrogens with one attached hydrogen (secondary N) is 2. The fourth-order valence-electron chi connectivity index (χ4n) is 11.7. The summed E-state index contributed by atoms with van der Waals surface area (Å²) in [7, 11) is 9.43. The maximum absolute atomic E-state index is 13.4. The van der Waals surface area contributed by atoms with Gasteiger partial charge in [0.25, 0.3) is 5.91 Å². The molecule has 3 amide bonds. The highest BCUT2D eigenvalue weighted by molar-refractivity contribution is 6.30. The lowest BCUT2D eigenvalue weighted by Gasteiger charge is -2.35. The van der Waals surface area contributed by atoms with Crippen LogP contribution in [0.15, 0.2) is 136 Å². The normalized spacial score (nSPS) is 23.8. The number of hydroxylamine groups is 2. The van der Waals surface area contributed by atoms with Crippen molar-refractivity contribution >= 4 is 52.8 Å². The van der Waals surface area contributed by atoms with Gasteiger partial charge in [-0.05, 0) is 152 Å². The van der Waals surface area contributed by atoms with Gasteiger partial charge in [0, 0.05) is 64.2 Å². The summed E-state index contributed by atoms with van der Waals surface area (Å²) in [5.74, 6) is 2.36. The standard InChI is InChI=1S/C28H44N6O2.C18H18N4O.C17H18ClN3/c1-33(2)24-14-12-22(13-15-24)30-27(36)31-23-11-7-10-21(18-23)19-28(25(35)34(3)26(29)32-28)17-16-20-8-5-4-6-9-20;1-18(12-23-22(2)17(20)21-18)16-8-4-7-15(10-16)14-6-3-5-13(9-14)11-19;1-17(11-21(2)16(19)20-17)14-7-3-5-12(9-14)13-6-4-8-15(18)10-13/h12-15,20-21,23H,4-11,16-19H2,1-3H3,(H2,29,32)(H2,30,31,36);3-10H,12H2,1-2H3,(H2,20,21);3-10H,11H2,1-2H3,(H2,19,20)/t21-,23+,28+;;/m0../s1. The molecule has 0 radical (unpaired) electrons. The molecule has 0 saturated heterocycles.